The highest BCUT2D eigenvalue weighted by Crippen LogP contribution is 2.42. The monoisotopic (exact) mass is 449 g/mol. The highest BCUT2D eigenvalue weighted by atomic mass is 127. The van der Waals surface area contributed by atoms with E-state index in [-0.39, 0.29) is 5.82 Å². The van der Waals surface area contributed by atoms with Crippen LogP contribution >= 0.6 is 22.6 Å². The molecule has 2 aromatic heterocycles. The smallest absolute Gasteiger partial charge is 0.123 e. The number of benzene rings is 1. The molecule has 0 spiro atoms. The molecule has 3 aromatic rings. The van der Waals surface area contributed by atoms with Crippen LogP contribution in [0.2, 0.25) is 0 Å². The van der Waals surface area contributed by atoms with Gasteiger partial charge in [-0.25, -0.2) is 9.37 Å². The number of imidazole rings is 1. The van der Waals surface area contributed by atoms with Crippen LogP contribution < -0.4 is 0 Å². The van der Waals surface area contributed by atoms with Crippen molar-refractivity contribution in [3.8, 4) is 0 Å². The maximum absolute atomic E-state index is 13.7. The van der Waals surface area contributed by atoms with Gasteiger partial charge in [-0.15, -0.1) is 0 Å². The summed E-state index contributed by atoms with van der Waals surface area (Å²) in [6, 6.07) is 6.98. The first-order valence-corrected chi connectivity index (χ1v) is 9.94. The summed E-state index contributed by atoms with van der Waals surface area (Å²) in [5, 5.41) is 0.972. The molecule has 2 heterocycles. The lowest BCUT2D eigenvalue weighted by atomic mass is 9.73. The fourth-order valence-corrected chi connectivity index (χ4v) is 4.61. The van der Waals surface area contributed by atoms with Crippen molar-refractivity contribution in [2.45, 2.75) is 44.4 Å². The lowest BCUT2D eigenvalue weighted by Gasteiger charge is -2.32. The highest BCUT2D eigenvalue weighted by Gasteiger charge is 2.28. The molecule has 5 heteroatoms. The van der Waals surface area contributed by atoms with Gasteiger partial charge in [-0.2, -0.15) is 0 Å². The highest BCUT2D eigenvalue weighted by molar-refractivity contribution is 14.1. The SMILES string of the molecule is CC(c1ncc(I)[nH]1)C1CCC(c2ccnc3ccc(F)cc23)CC1. The second-order valence-corrected chi connectivity index (χ2v) is 8.24. The fraction of sp³-hybridized carbons (Fsp3) is 0.400. The molecule has 1 atom stereocenters. The summed E-state index contributed by atoms with van der Waals surface area (Å²) in [6.07, 6.45) is 8.40. The van der Waals surface area contributed by atoms with Crippen molar-refractivity contribution >= 4 is 33.5 Å². The zero-order valence-electron chi connectivity index (χ0n) is 14.2. The number of aromatic amines is 1. The lowest BCUT2D eigenvalue weighted by Crippen LogP contribution is -2.19. The number of pyridine rings is 1. The van der Waals surface area contributed by atoms with Crippen molar-refractivity contribution in [2.75, 3.05) is 0 Å². The Morgan fingerprint density at radius 2 is 1.96 bits per heavy atom. The minimum atomic E-state index is -0.184. The Labute approximate surface area is 160 Å². The molecule has 1 unspecified atom stereocenters. The van der Waals surface area contributed by atoms with Gasteiger partial charge in [-0.1, -0.05) is 6.92 Å². The molecule has 130 valence electrons. The quantitative estimate of drug-likeness (QED) is 0.516. The first-order chi connectivity index (χ1) is 12.1. The molecular weight excluding hydrogens is 428 g/mol. The van der Waals surface area contributed by atoms with Gasteiger partial charge >= 0.3 is 0 Å². The van der Waals surface area contributed by atoms with Gasteiger partial charge in [0, 0.05) is 17.5 Å². The standard InChI is InChI=1S/C20H21FIN3/c1-12(20-24-11-19(22)25-20)13-2-4-14(5-3-13)16-8-9-23-18-7-6-15(21)10-17(16)18/h6-14H,2-5H2,1H3,(H,24,25). The summed E-state index contributed by atoms with van der Waals surface area (Å²) < 4.78 is 14.8. The Morgan fingerprint density at radius 1 is 1.16 bits per heavy atom. The van der Waals surface area contributed by atoms with E-state index in [1.807, 2.05) is 12.4 Å². The zero-order chi connectivity index (χ0) is 17.4. The number of halogens is 2. The summed E-state index contributed by atoms with van der Waals surface area (Å²) in [4.78, 5) is 12.3. The van der Waals surface area contributed by atoms with Gasteiger partial charge in [0.1, 0.15) is 11.6 Å². The van der Waals surface area contributed by atoms with E-state index >= 15 is 0 Å². The number of aromatic nitrogens is 3. The minimum absolute atomic E-state index is 0.184. The molecule has 1 aliphatic rings. The molecule has 1 N–H and O–H groups in total. The fourth-order valence-electron chi connectivity index (χ4n) is 4.19. The summed E-state index contributed by atoms with van der Waals surface area (Å²) >= 11 is 2.27. The van der Waals surface area contributed by atoms with E-state index in [9.17, 15) is 4.39 Å². The van der Waals surface area contributed by atoms with Crippen LogP contribution in [0.25, 0.3) is 10.9 Å². The summed E-state index contributed by atoms with van der Waals surface area (Å²) in [5.41, 5.74) is 2.14. The first kappa shape index (κ1) is 16.9. The number of hydrogen-bond acceptors (Lipinski definition) is 2. The normalized spacial score (nSPS) is 22.2. The van der Waals surface area contributed by atoms with E-state index in [0.717, 1.165) is 33.3 Å². The van der Waals surface area contributed by atoms with Crippen LogP contribution in [-0.4, -0.2) is 15.0 Å². The van der Waals surface area contributed by atoms with Crippen molar-refractivity contribution in [2.24, 2.45) is 5.92 Å². The lowest BCUT2D eigenvalue weighted by molar-refractivity contribution is 0.286. The second-order valence-electron chi connectivity index (χ2n) is 7.08. The third kappa shape index (κ3) is 3.43. The maximum Gasteiger partial charge on any atom is 0.123 e. The Kier molecular flexibility index (Phi) is 4.75. The molecule has 0 amide bonds. The minimum Gasteiger partial charge on any atom is -0.337 e. The molecule has 0 radical (unpaired) electrons. The molecule has 4 rings (SSSR count). The molecule has 0 saturated heterocycles. The number of fused-ring (bicyclic) bond motifs is 1. The van der Waals surface area contributed by atoms with Crippen molar-refractivity contribution < 1.29 is 4.39 Å². The molecule has 25 heavy (non-hydrogen) atoms. The number of H-pyrrole nitrogens is 1. The van der Waals surface area contributed by atoms with Crippen LogP contribution in [0.5, 0.6) is 0 Å². The molecule has 1 aromatic carbocycles. The molecule has 1 fully saturated rings. The number of rotatable bonds is 3. The van der Waals surface area contributed by atoms with Gasteiger partial charge in [0.15, 0.2) is 0 Å². The average Bonchev–Trinajstić information content (AvgIpc) is 3.07. The van der Waals surface area contributed by atoms with Crippen molar-refractivity contribution in [3.63, 3.8) is 0 Å². The van der Waals surface area contributed by atoms with Crippen molar-refractivity contribution in [1.82, 2.24) is 15.0 Å². The van der Waals surface area contributed by atoms with Crippen molar-refractivity contribution in [1.29, 1.82) is 0 Å². The number of hydrogen-bond donors (Lipinski definition) is 1. The van der Waals surface area contributed by atoms with E-state index in [1.165, 1.54) is 24.5 Å². The summed E-state index contributed by atoms with van der Waals surface area (Å²) in [6.45, 7) is 2.27. The van der Waals surface area contributed by atoms with Gasteiger partial charge < -0.3 is 4.98 Å². The van der Waals surface area contributed by atoms with Crippen molar-refractivity contribution in [3.05, 3.63) is 57.6 Å². The van der Waals surface area contributed by atoms with Gasteiger partial charge in [0.2, 0.25) is 0 Å². The first-order valence-electron chi connectivity index (χ1n) is 8.86. The van der Waals surface area contributed by atoms with Crippen LogP contribution in [0.15, 0.2) is 36.7 Å². The molecule has 0 aliphatic heterocycles. The van der Waals surface area contributed by atoms with E-state index in [1.54, 1.807) is 12.1 Å². The van der Waals surface area contributed by atoms with Crippen LogP contribution in [0.1, 0.15) is 55.8 Å². The topological polar surface area (TPSA) is 41.6 Å². The largest absolute Gasteiger partial charge is 0.337 e. The Balaban J connectivity index is 1.51. The molecule has 1 aliphatic carbocycles. The number of nitrogens with zero attached hydrogens (tertiary/aromatic N) is 2. The van der Waals surface area contributed by atoms with Crippen LogP contribution in [0.3, 0.4) is 0 Å². The Morgan fingerprint density at radius 3 is 2.68 bits per heavy atom. The second kappa shape index (κ2) is 7.02. The van der Waals surface area contributed by atoms with Gasteiger partial charge in [0.05, 0.1) is 15.4 Å². The van der Waals surface area contributed by atoms with Gasteiger partial charge in [0.25, 0.3) is 0 Å². The van der Waals surface area contributed by atoms with E-state index in [4.69, 9.17) is 0 Å². The summed E-state index contributed by atoms with van der Waals surface area (Å²) in [7, 11) is 0. The van der Waals surface area contributed by atoms with E-state index < -0.39 is 0 Å². The summed E-state index contributed by atoms with van der Waals surface area (Å²) in [5.74, 6) is 2.52. The van der Waals surface area contributed by atoms with E-state index in [0.29, 0.717) is 17.8 Å². The predicted octanol–water partition coefficient (Wildman–Crippen LogP) is 5.78. The Bertz CT molecular complexity index is 884. The molecule has 0 bridgehead atoms. The van der Waals surface area contributed by atoms with Gasteiger partial charge in [-0.05, 0) is 89.9 Å². The average molecular weight is 449 g/mol. The molecule has 1 saturated carbocycles. The van der Waals surface area contributed by atoms with Gasteiger partial charge in [-0.3, -0.25) is 4.98 Å². The van der Waals surface area contributed by atoms with E-state index in [2.05, 4.69) is 50.5 Å². The zero-order valence-corrected chi connectivity index (χ0v) is 16.3. The third-order valence-corrected chi connectivity index (χ3v) is 6.20. The third-order valence-electron chi connectivity index (χ3n) is 5.65. The predicted molar refractivity (Wildman–Crippen MR) is 106 cm³/mol. The van der Waals surface area contributed by atoms with Crippen LogP contribution in [0.4, 0.5) is 4.39 Å². The number of nitrogens with one attached hydrogen (secondary N) is 1. The maximum atomic E-state index is 13.7. The van der Waals surface area contributed by atoms with Crippen LogP contribution in [-0.2, 0) is 0 Å². The molecule has 3 nitrogen and oxygen atoms in total. The molecular formula is C20H21FIN3. The Hall–Kier alpha value is -1.50. The van der Waals surface area contributed by atoms with Crippen LogP contribution in [0, 0.1) is 15.4 Å².